The predicted octanol–water partition coefficient (Wildman–Crippen LogP) is 2.72. The van der Waals surface area contributed by atoms with Gasteiger partial charge in [0.05, 0.1) is 6.04 Å². The number of hydrogen-bond donors (Lipinski definition) is 1. The van der Waals surface area contributed by atoms with Crippen LogP contribution < -0.4 is 5.73 Å². The Morgan fingerprint density at radius 3 is 2.56 bits per heavy atom. The van der Waals surface area contributed by atoms with E-state index >= 15 is 0 Å². The molecule has 3 nitrogen and oxygen atoms in total. The Bertz CT molecular complexity index is 277. The highest BCUT2D eigenvalue weighted by Gasteiger charge is 2.41. The van der Waals surface area contributed by atoms with Crippen LogP contribution in [0.5, 0.6) is 0 Å². The summed E-state index contributed by atoms with van der Waals surface area (Å²) in [6, 6.07) is -0.265. The summed E-state index contributed by atoms with van der Waals surface area (Å²) in [5.74, 6) is 0.189. The molecule has 1 aliphatic carbocycles. The molecule has 18 heavy (non-hydrogen) atoms. The Morgan fingerprint density at radius 2 is 1.94 bits per heavy atom. The van der Waals surface area contributed by atoms with Gasteiger partial charge >= 0.3 is 0 Å². The van der Waals surface area contributed by atoms with Crippen LogP contribution in [0.1, 0.15) is 58.3 Å². The highest BCUT2D eigenvalue weighted by atomic mass is 35.5. The molecule has 2 rings (SSSR count). The summed E-state index contributed by atoms with van der Waals surface area (Å²) in [4.78, 5) is 14.2. The number of carbonyl (C=O) groups excluding carboxylic acids is 1. The van der Waals surface area contributed by atoms with Crippen molar-refractivity contribution in [1.82, 2.24) is 4.90 Å². The normalized spacial score (nSPS) is 23.8. The van der Waals surface area contributed by atoms with Crippen LogP contribution in [0.25, 0.3) is 0 Å². The molecule has 2 aliphatic rings. The summed E-state index contributed by atoms with van der Waals surface area (Å²) < 4.78 is 0. The minimum Gasteiger partial charge on any atom is -0.341 e. The second-order valence-corrected chi connectivity index (χ2v) is 5.97. The van der Waals surface area contributed by atoms with Gasteiger partial charge in [0.1, 0.15) is 0 Å². The van der Waals surface area contributed by atoms with Gasteiger partial charge in [0.2, 0.25) is 5.91 Å². The highest BCUT2D eigenvalue weighted by molar-refractivity contribution is 5.85. The molecule has 1 saturated carbocycles. The molecule has 1 amide bonds. The van der Waals surface area contributed by atoms with E-state index < -0.39 is 0 Å². The third-order valence-electron chi connectivity index (χ3n) is 4.58. The monoisotopic (exact) mass is 274 g/mol. The first-order valence-electron chi connectivity index (χ1n) is 7.21. The minimum absolute atomic E-state index is 0. The minimum atomic E-state index is -0.265. The number of hydrogen-bond acceptors (Lipinski definition) is 2. The number of rotatable bonds is 3. The number of nitrogens with two attached hydrogens (primary N) is 1. The van der Waals surface area contributed by atoms with Crippen molar-refractivity contribution in [2.24, 2.45) is 11.1 Å². The molecule has 0 bridgehead atoms. The molecule has 4 heteroatoms. The van der Waals surface area contributed by atoms with Gasteiger partial charge in [-0.15, -0.1) is 12.4 Å². The Labute approximate surface area is 117 Å². The molecule has 0 aromatic heterocycles. The van der Waals surface area contributed by atoms with Gasteiger partial charge < -0.3 is 10.6 Å². The molecular weight excluding hydrogens is 248 g/mol. The maximum absolute atomic E-state index is 12.2. The van der Waals surface area contributed by atoms with Crippen LogP contribution >= 0.6 is 12.4 Å². The summed E-state index contributed by atoms with van der Waals surface area (Å²) in [6.45, 7) is 4.00. The number of amides is 1. The first-order valence-corrected chi connectivity index (χ1v) is 7.21. The molecule has 1 aliphatic heterocycles. The predicted molar refractivity (Wildman–Crippen MR) is 76.8 cm³/mol. The second-order valence-electron chi connectivity index (χ2n) is 5.97. The van der Waals surface area contributed by atoms with Gasteiger partial charge in [-0.25, -0.2) is 0 Å². The molecule has 2 N–H and O–H groups in total. The Hall–Kier alpha value is -0.280. The van der Waals surface area contributed by atoms with Crippen molar-refractivity contribution in [3.05, 3.63) is 0 Å². The largest absolute Gasteiger partial charge is 0.341 e. The molecule has 2 fully saturated rings. The zero-order chi connectivity index (χ0) is 12.3. The fourth-order valence-electron chi connectivity index (χ4n) is 3.50. The first-order chi connectivity index (χ1) is 8.17. The topological polar surface area (TPSA) is 46.3 Å². The Morgan fingerprint density at radius 1 is 1.28 bits per heavy atom. The summed E-state index contributed by atoms with van der Waals surface area (Å²) in [6.07, 6.45) is 9.74. The van der Waals surface area contributed by atoms with Gasteiger partial charge in [0.25, 0.3) is 0 Å². The summed E-state index contributed by atoms with van der Waals surface area (Å²) in [7, 11) is 0. The first kappa shape index (κ1) is 15.8. The lowest BCUT2D eigenvalue weighted by molar-refractivity contribution is -0.132. The molecule has 1 saturated heterocycles. The van der Waals surface area contributed by atoms with E-state index in [9.17, 15) is 4.79 Å². The lowest BCUT2D eigenvalue weighted by atomic mass is 9.73. The maximum Gasteiger partial charge on any atom is 0.239 e. The molecule has 1 unspecified atom stereocenters. The molecule has 1 atom stereocenters. The molecule has 1 heterocycles. The zero-order valence-corrected chi connectivity index (χ0v) is 12.3. The standard InChI is InChI=1S/C14H26N2O.ClH/c1-2-6-12(15)13(17)16-10-9-14(11-16)7-4-3-5-8-14;/h12H,2-11,15H2,1H3;1H. The van der Waals surface area contributed by atoms with Gasteiger partial charge in [-0.2, -0.15) is 0 Å². The van der Waals surface area contributed by atoms with Gasteiger partial charge in [-0.1, -0.05) is 32.6 Å². The summed E-state index contributed by atoms with van der Waals surface area (Å²) in [5, 5.41) is 0. The molecule has 0 aromatic carbocycles. The smallest absolute Gasteiger partial charge is 0.239 e. The van der Waals surface area contributed by atoms with E-state index in [1.165, 1.54) is 38.5 Å². The van der Waals surface area contributed by atoms with Crippen LogP contribution in [0.15, 0.2) is 0 Å². The summed E-state index contributed by atoms with van der Waals surface area (Å²) >= 11 is 0. The van der Waals surface area contributed by atoms with E-state index in [1.807, 2.05) is 4.90 Å². The van der Waals surface area contributed by atoms with Crippen LogP contribution in [0.3, 0.4) is 0 Å². The van der Waals surface area contributed by atoms with Crippen molar-refractivity contribution in [2.75, 3.05) is 13.1 Å². The van der Waals surface area contributed by atoms with E-state index in [-0.39, 0.29) is 24.4 Å². The number of carbonyl (C=O) groups is 1. The van der Waals surface area contributed by atoms with Crippen LogP contribution in [0.4, 0.5) is 0 Å². The lowest BCUT2D eigenvalue weighted by Gasteiger charge is -2.33. The molecule has 106 valence electrons. The van der Waals surface area contributed by atoms with Crippen molar-refractivity contribution in [3.8, 4) is 0 Å². The van der Waals surface area contributed by atoms with E-state index in [0.29, 0.717) is 5.41 Å². The van der Waals surface area contributed by atoms with E-state index in [2.05, 4.69) is 6.92 Å². The number of nitrogens with zero attached hydrogens (tertiary/aromatic N) is 1. The fourth-order valence-corrected chi connectivity index (χ4v) is 3.50. The average molecular weight is 275 g/mol. The molecule has 1 spiro atoms. The van der Waals surface area contributed by atoms with E-state index in [1.54, 1.807) is 0 Å². The summed E-state index contributed by atoms with van der Waals surface area (Å²) in [5.41, 5.74) is 6.39. The van der Waals surface area contributed by atoms with E-state index in [4.69, 9.17) is 5.73 Å². The van der Waals surface area contributed by atoms with E-state index in [0.717, 1.165) is 25.9 Å². The van der Waals surface area contributed by atoms with Gasteiger partial charge in [-0.05, 0) is 31.1 Å². The van der Waals surface area contributed by atoms with Crippen LogP contribution in [-0.2, 0) is 4.79 Å². The van der Waals surface area contributed by atoms with Crippen LogP contribution in [0, 0.1) is 5.41 Å². The van der Waals surface area contributed by atoms with Gasteiger partial charge in [0.15, 0.2) is 0 Å². The Kier molecular flexibility index (Phi) is 5.93. The van der Waals surface area contributed by atoms with Crippen molar-refractivity contribution in [3.63, 3.8) is 0 Å². The maximum atomic E-state index is 12.2. The fraction of sp³-hybridized carbons (Fsp3) is 0.929. The Balaban J connectivity index is 0.00000162. The molecular formula is C14H27ClN2O. The van der Waals surface area contributed by atoms with Crippen molar-refractivity contribution < 1.29 is 4.79 Å². The highest BCUT2D eigenvalue weighted by Crippen LogP contribution is 2.43. The number of halogens is 1. The van der Waals surface area contributed by atoms with Crippen LogP contribution in [0.2, 0.25) is 0 Å². The average Bonchev–Trinajstić information content (AvgIpc) is 2.73. The zero-order valence-electron chi connectivity index (χ0n) is 11.5. The number of likely N-dealkylation sites (tertiary alicyclic amines) is 1. The van der Waals surface area contributed by atoms with Crippen molar-refractivity contribution >= 4 is 18.3 Å². The van der Waals surface area contributed by atoms with Crippen molar-refractivity contribution in [2.45, 2.75) is 64.3 Å². The lowest BCUT2D eigenvalue weighted by Crippen LogP contribution is -2.43. The van der Waals surface area contributed by atoms with Crippen molar-refractivity contribution in [1.29, 1.82) is 0 Å². The molecule has 0 radical (unpaired) electrons. The second kappa shape index (κ2) is 6.76. The third kappa shape index (κ3) is 3.39. The van der Waals surface area contributed by atoms with Crippen LogP contribution in [-0.4, -0.2) is 29.9 Å². The SMILES string of the molecule is CCCC(N)C(=O)N1CCC2(CCCCC2)C1.Cl. The van der Waals surface area contributed by atoms with Gasteiger partial charge in [-0.3, -0.25) is 4.79 Å². The van der Waals surface area contributed by atoms with Gasteiger partial charge in [0, 0.05) is 13.1 Å². The third-order valence-corrected chi connectivity index (χ3v) is 4.58. The molecule has 0 aromatic rings. The quantitative estimate of drug-likeness (QED) is 0.860.